The number of hydrogen-bond donors (Lipinski definition) is 5. The molecule has 5 amide bonds. The molecule has 20 heteroatoms. The molecular formula is C56H79FN12O7. The molecule has 3 aliphatic heterocycles. The van der Waals surface area contributed by atoms with E-state index in [1.54, 1.807) is 55.0 Å². The largest absolute Gasteiger partial charge is 0.382 e. The van der Waals surface area contributed by atoms with Crippen LogP contribution in [0, 0.1) is 18.2 Å². The fourth-order valence-electron chi connectivity index (χ4n) is 10.5. The number of likely N-dealkylation sites (tertiary alicyclic amines) is 1. The van der Waals surface area contributed by atoms with Crippen LogP contribution in [0.5, 0.6) is 0 Å². The maximum absolute atomic E-state index is 14.8. The molecule has 76 heavy (non-hydrogen) atoms. The third kappa shape index (κ3) is 13.5. The van der Waals surface area contributed by atoms with Gasteiger partial charge < -0.3 is 56.1 Å². The molecule has 2 aromatic heterocycles. The maximum atomic E-state index is 14.8. The number of nitrogens with one attached hydrogen (secondary N) is 4. The Morgan fingerprint density at radius 3 is 2.46 bits per heavy atom. The fourth-order valence-corrected chi connectivity index (χ4v) is 10.5. The van der Waals surface area contributed by atoms with E-state index in [1.165, 1.54) is 12.1 Å². The second kappa shape index (κ2) is 25.6. The topological polar surface area (TPSA) is 222 Å². The molecular weight excluding hydrogens is 972 g/mol. The zero-order valence-electron chi connectivity index (χ0n) is 45.8. The van der Waals surface area contributed by atoms with Gasteiger partial charge in [-0.15, -0.1) is 0 Å². The van der Waals surface area contributed by atoms with Crippen molar-refractivity contribution in [2.75, 3.05) is 84.4 Å². The first-order valence-corrected chi connectivity index (χ1v) is 26.7. The molecule has 2 fully saturated rings. The molecule has 5 heterocycles. The number of halogens is 1. The van der Waals surface area contributed by atoms with Gasteiger partial charge in [0.15, 0.2) is 0 Å². The lowest BCUT2D eigenvalue weighted by molar-refractivity contribution is -0.144. The van der Waals surface area contributed by atoms with E-state index in [1.807, 2.05) is 75.7 Å². The summed E-state index contributed by atoms with van der Waals surface area (Å²) >= 11 is 0. The number of rotatable bonds is 21. The van der Waals surface area contributed by atoms with Crippen molar-refractivity contribution in [3.63, 3.8) is 0 Å². The Balaban J connectivity index is 0.885. The highest BCUT2D eigenvalue weighted by atomic mass is 19.1. The van der Waals surface area contributed by atoms with E-state index in [9.17, 15) is 28.4 Å². The van der Waals surface area contributed by atoms with Crippen LogP contribution in [0.4, 0.5) is 15.9 Å². The number of benzene rings is 2. The quantitative estimate of drug-likeness (QED) is 0.0713. The van der Waals surface area contributed by atoms with Gasteiger partial charge in [-0.1, -0.05) is 58.0 Å². The molecule has 0 spiro atoms. The number of carbonyl (C=O) groups is 5. The average molecular weight is 1050 g/mol. The highest BCUT2D eigenvalue weighted by Crippen LogP contribution is 2.42. The summed E-state index contributed by atoms with van der Waals surface area (Å²) in [6.07, 6.45) is 4.54. The zero-order valence-corrected chi connectivity index (χ0v) is 45.8. The predicted molar refractivity (Wildman–Crippen MR) is 289 cm³/mol. The van der Waals surface area contributed by atoms with Gasteiger partial charge in [0.1, 0.15) is 23.7 Å². The molecule has 7 rings (SSSR count). The van der Waals surface area contributed by atoms with Crippen LogP contribution in [-0.4, -0.2) is 157 Å². The Labute approximate surface area is 446 Å². The lowest BCUT2D eigenvalue weighted by atomic mass is 9.85. The molecule has 6 N–H and O–H groups in total. The Morgan fingerprint density at radius 1 is 1.01 bits per heavy atom. The van der Waals surface area contributed by atoms with Crippen molar-refractivity contribution in [3.05, 3.63) is 94.7 Å². The molecule has 2 saturated heterocycles. The normalized spacial score (nSPS) is 18.7. The summed E-state index contributed by atoms with van der Waals surface area (Å²) in [5, 5.41) is 17.5. The van der Waals surface area contributed by atoms with Gasteiger partial charge >= 0.3 is 0 Å². The van der Waals surface area contributed by atoms with Gasteiger partial charge in [-0.25, -0.2) is 9.37 Å². The number of carbonyl (C=O) groups excluding carboxylic acids is 5. The molecule has 3 aliphatic rings. The summed E-state index contributed by atoms with van der Waals surface area (Å²) in [6.45, 7) is 14.9. The number of fused-ring (bicyclic) bond motifs is 8. The first-order chi connectivity index (χ1) is 36.3. The van der Waals surface area contributed by atoms with E-state index < -0.39 is 29.4 Å². The van der Waals surface area contributed by atoms with Gasteiger partial charge in [-0.2, -0.15) is 5.10 Å². The van der Waals surface area contributed by atoms with Gasteiger partial charge in [0.2, 0.25) is 23.6 Å². The Bertz CT molecular complexity index is 2680. The monoisotopic (exact) mass is 1050 g/mol. The van der Waals surface area contributed by atoms with Crippen molar-refractivity contribution in [1.82, 2.24) is 50.7 Å². The summed E-state index contributed by atoms with van der Waals surface area (Å²) in [4.78, 5) is 80.4. The second-order valence-corrected chi connectivity index (χ2v) is 21.4. The molecule has 2 aromatic carbocycles. The highest BCUT2D eigenvalue weighted by molar-refractivity contribution is 5.96. The predicted octanol–water partition coefficient (Wildman–Crippen LogP) is 4.75. The summed E-state index contributed by atoms with van der Waals surface area (Å²) in [5.41, 5.74) is 11.8. The lowest BCUT2D eigenvalue weighted by Gasteiger charge is -2.36. The van der Waals surface area contributed by atoms with Gasteiger partial charge in [0.25, 0.3) is 5.91 Å². The van der Waals surface area contributed by atoms with E-state index in [0.717, 1.165) is 40.9 Å². The molecule has 0 radical (unpaired) electrons. The Kier molecular flexibility index (Phi) is 19.3. The SMILES string of the molecule is CC[C@H](NC(=O)[C@H]1C[C@@H](NCCOCCOCCC(=O)N(C)CCn2nc3c(c2C)-c2cnc(N)c(c2)N2CCC[C@@H]2c2cc(F)ccc2C(=O)N(C)C3)CN1C(=O)C(NC(=O)[C@@H](C)NC)C(C)(C)C)c1ccccc1. The number of aromatic nitrogens is 3. The van der Waals surface area contributed by atoms with Crippen LogP contribution in [-0.2, 0) is 41.7 Å². The van der Waals surface area contributed by atoms with E-state index in [0.29, 0.717) is 74.9 Å². The standard InChI is InChI=1S/C56H79FN12O7/c1-10-43(37-15-12-11-13-16-37)62-53(72)47-31-40(33-68(47)55(74)50(56(4,5)6)63-52(71)35(2)59-7)60-21-26-76-28-27-75-25-20-48(70)65(8)23-24-69-36(3)49-38-29-46(51(58)61-32-38)67-22-14-17-45(67)42-30-39(57)18-19-41(42)54(73)66(9)34-44(49)64-69/h11-13,15-16,18-19,29-30,32,35,40,43,45,47,50,59-60H,10,14,17,20-28,31,33-34H2,1-9H3,(H2,58,61)(H,62,72)(H,63,71)/t35-,40-,43+,45-,47-,50?/m1/s1. The second-order valence-electron chi connectivity index (χ2n) is 21.4. The first-order valence-electron chi connectivity index (χ1n) is 26.7. The van der Waals surface area contributed by atoms with Crippen molar-refractivity contribution in [2.24, 2.45) is 5.41 Å². The first kappa shape index (κ1) is 57.2. The third-order valence-corrected chi connectivity index (χ3v) is 15.0. The minimum Gasteiger partial charge on any atom is -0.382 e. The van der Waals surface area contributed by atoms with Crippen LogP contribution in [0.15, 0.2) is 60.8 Å². The van der Waals surface area contributed by atoms with Crippen molar-refractivity contribution in [2.45, 2.75) is 123 Å². The van der Waals surface area contributed by atoms with Gasteiger partial charge in [-0.05, 0) is 87.4 Å². The van der Waals surface area contributed by atoms with Crippen LogP contribution >= 0.6 is 0 Å². The molecule has 0 aliphatic carbocycles. The van der Waals surface area contributed by atoms with Crippen LogP contribution < -0.4 is 31.9 Å². The lowest BCUT2D eigenvalue weighted by Crippen LogP contribution is -2.59. The van der Waals surface area contributed by atoms with Gasteiger partial charge in [-0.3, -0.25) is 28.7 Å². The number of nitrogens with zero attached hydrogens (tertiary/aromatic N) is 7. The van der Waals surface area contributed by atoms with E-state index in [4.69, 9.17) is 20.3 Å². The molecule has 6 atom stereocenters. The summed E-state index contributed by atoms with van der Waals surface area (Å²) in [7, 11) is 5.16. The van der Waals surface area contributed by atoms with Crippen molar-refractivity contribution >= 4 is 41.0 Å². The van der Waals surface area contributed by atoms with Crippen LogP contribution in [0.25, 0.3) is 11.1 Å². The number of pyridine rings is 1. The number of ether oxygens (including phenoxy) is 2. The number of hydrogen-bond acceptors (Lipinski definition) is 13. The molecule has 1 unspecified atom stereocenters. The van der Waals surface area contributed by atoms with Crippen molar-refractivity contribution in [1.29, 1.82) is 0 Å². The number of nitrogens with two attached hydrogens (primary N) is 1. The molecule has 19 nitrogen and oxygen atoms in total. The summed E-state index contributed by atoms with van der Waals surface area (Å²) in [5.74, 6) is -1.23. The molecule has 2 bridgehead atoms. The number of anilines is 2. The minimum absolute atomic E-state index is 0.0909. The summed E-state index contributed by atoms with van der Waals surface area (Å²) in [6, 6.07) is 13.3. The van der Waals surface area contributed by atoms with Gasteiger partial charge in [0, 0.05) is 74.9 Å². The van der Waals surface area contributed by atoms with Crippen molar-refractivity contribution in [3.8, 4) is 11.1 Å². The fraction of sp³-hybridized carbons (Fsp3) is 0.554. The molecule has 412 valence electrons. The smallest absolute Gasteiger partial charge is 0.254 e. The number of nitrogen functional groups attached to an aromatic ring is 1. The number of likely N-dealkylation sites (N-methyl/N-ethyl adjacent to an activating group) is 2. The zero-order chi connectivity index (χ0) is 54.8. The van der Waals surface area contributed by atoms with E-state index >= 15 is 0 Å². The maximum Gasteiger partial charge on any atom is 0.254 e. The minimum atomic E-state index is -0.864. The Hall–Kier alpha value is -6.48. The molecule has 0 saturated carbocycles. The van der Waals surface area contributed by atoms with E-state index in [2.05, 4.69) is 31.2 Å². The van der Waals surface area contributed by atoms with E-state index in [-0.39, 0.29) is 80.4 Å². The highest BCUT2D eigenvalue weighted by Gasteiger charge is 2.45. The van der Waals surface area contributed by atoms with Gasteiger partial charge in [0.05, 0.1) is 75.4 Å². The van der Waals surface area contributed by atoms with Crippen LogP contribution in [0.1, 0.15) is 112 Å². The molecule has 4 aromatic rings. The third-order valence-electron chi connectivity index (χ3n) is 15.0. The average Bonchev–Trinajstić information content (AvgIpc) is 4.16. The van der Waals surface area contributed by atoms with Crippen LogP contribution in [0.2, 0.25) is 0 Å². The Morgan fingerprint density at radius 2 is 1.75 bits per heavy atom. The van der Waals surface area contributed by atoms with Crippen molar-refractivity contribution < 1.29 is 37.8 Å². The number of amides is 5. The van der Waals surface area contributed by atoms with Crippen LogP contribution in [0.3, 0.4) is 0 Å². The summed E-state index contributed by atoms with van der Waals surface area (Å²) < 4.78 is 28.3.